The van der Waals surface area contributed by atoms with Gasteiger partial charge in [0.15, 0.2) is 17.7 Å². The monoisotopic (exact) mass is 427 g/mol. The molecule has 0 saturated carbocycles. The molecule has 7 N–H and O–H groups in total. The van der Waals surface area contributed by atoms with E-state index in [1.165, 1.54) is 10.9 Å². The Hall–Kier alpha value is -1.51. The normalized spacial score (nSPS) is 26.7. The number of hydrogen-bond donors (Lipinski definition) is 6. The van der Waals surface area contributed by atoms with Crippen molar-refractivity contribution in [3.8, 4) is 0 Å². The van der Waals surface area contributed by atoms with E-state index in [-0.39, 0.29) is 17.0 Å². The third kappa shape index (κ3) is 4.50. The summed E-state index contributed by atoms with van der Waals surface area (Å²) in [6.07, 6.45) is -3.75. The number of aromatic nitrogens is 4. The van der Waals surface area contributed by atoms with Crippen molar-refractivity contribution >= 4 is 32.6 Å². The summed E-state index contributed by atoms with van der Waals surface area (Å²) >= 11 is 0. The van der Waals surface area contributed by atoms with Crippen molar-refractivity contribution in [3.63, 3.8) is 0 Å². The summed E-state index contributed by atoms with van der Waals surface area (Å²) in [5.74, 6) is 0.0515. The van der Waals surface area contributed by atoms with Gasteiger partial charge >= 0.3 is 15.6 Å². The number of rotatable bonds is 6. The van der Waals surface area contributed by atoms with Crippen molar-refractivity contribution in [2.75, 3.05) is 12.3 Å². The van der Waals surface area contributed by atoms with Crippen LogP contribution in [0.2, 0.25) is 0 Å². The molecule has 0 radical (unpaired) electrons. The molecule has 3 rings (SSSR count). The topological polar surface area (TPSA) is 233 Å². The van der Waals surface area contributed by atoms with Crippen LogP contribution < -0.4 is 5.73 Å². The maximum Gasteiger partial charge on any atom is 0.470 e. The highest BCUT2D eigenvalue weighted by Crippen LogP contribution is 2.45. The Morgan fingerprint density at radius 2 is 1.89 bits per heavy atom. The van der Waals surface area contributed by atoms with E-state index in [4.69, 9.17) is 30.0 Å². The lowest BCUT2D eigenvalue weighted by molar-refractivity contribution is -0.0502. The fourth-order valence-electron chi connectivity index (χ4n) is 2.60. The number of aliphatic hydroxyl groups excluding tert-OH is 1. The minimum absolute atomic E-state index is 0.0515. The first-order chi connectivity index (χ1) is 12.5. The first-order valence-electron chi connectivity index (χ1n) is 7.17. The summed E-state index contributed by atoms with van der Waals surface area (Å²) in [4.78, 5) is 47.4. The first kappa shape index (κ1) is 20.2. The van der Waals surface area contributed by atoms with Crippen molar-refractivity contribution in [2.24, 2.45) is 0 Å². The van der Waals surface area contributed by atoms with Gasteiger partial charge < -0.3 is 35.2 Å². The lowest BCUT2D eigenvalue weighted by atomic mass is 10.1. The minimum Gasteiger partial charge on any atom is -0.386 e. The van der Waals surface area contributed by atoms with Crippen LogP contribution in [-0.2, 0) is 22.9 Å². The molecule has 0 aromatic carbocycles. The van der Waals surface area contributed by atoms with E-state index >= 15 is 0 Å². The molecule has 17 heteroatoms. The summed E-state index contributed by atoms with van der Waals surface area (Å²) in [5.41, 5.74) is 6.01. The second-order valence-corrected chi connectivity index (χ2v) is 7.92. The summed E-state index contributed by atoms with van der Waals surface area (Å²) in [6, 6.07) is 0. The number of nitrogens with two attached hydrogens (primary N) is 1. The quantitative estimate of drug-likeness (QED) is 0.281. The van der Waals surface area contributed by atoms with E-state index in [1.807, 2.05) is 0 Å². The van der Waals surface area contributed by atoms with Crippen LogP contribution in [0, 0.1) is 0 Å². The van der Waals surface area contributed by atoms with Gasteiger partial charge in [-0.25, -0.2) is 24.1 Å². The highest BCUT2D eigenvalue weighted by molar-refractivity contribution is 7.46. The van der Waals surface area contributed by atoms with Gasteiger partial charge in [-0.15, -0.1) is 0 Å². The van der Waals surface area contributed by atoms with Gasteiger partial charge in [-0.1, -0.05) is 0 Å². The van der Waals surface area contributed by atoms with Gasteiger partial charge in [-0.05, 0) is 0 Å². The van der Waals surface area contributed by atoms with E-state index in [9.17, 15) is 14.2 Å². The Morgan fingerprint density at radius 3 is 2.52 bits per heavy atom. The number of nitrogen functional groups attached to an aromatic ring is 1. The molecular formula is C10H15N5O10P2. The van der Waals surface area contributed by atoms with E-state index in [2.05, 4.69) is 24.0 Å². The van der Waals surface area contributed by atoms with E-state index < -0.39 is 46.8 Å². The van der Waals surface area contributed by atoms with E-state index in [0.717, 1.165) is 6.33 Å². The van der Waals surface area contributed by atoms with Crippen molar-refractivity contribution in [2.45, 2.75) is 24.5 Å². The smallest absolute Gasteiger partial charge is 0.386 e. The second-order valence-electron chi connectivity index (χ2n) is 5.49. The number of anilines is 1. The van der Waals surface area contributed by atoms with Crippen LogP contribution in [0.25, 0.3) is 11.2 Å². The first-order valence-corrected chi connectivity index (χ1v) is 10.2. The number of ether oxygens (including phenoxy) is 1. The number of phosphoric ester groups is 2. The maximum atomic E-state index is 11.2. The standard InChI is InChI=1S/C10H15N5O10P2/c11-8-5-9(13-2-12-8)15(3-14-5)10-6(16)7(25-27(20,21)22)4(24-10)1-23-26(17,18)19/h2-4,6-7,10,16H,1H2,(H2,11,12,13)(H2,17,18,19)(H2,20,21,22)/t4-,6+,7-,10-/m1/s1. The van der Waals surface area contributed by atoms with Gasteiger partial charge in [-0.3, -0.25) is 13.6 Å². The molecule has 27 heavy (non-hydrogen) atoms. The van der Waals surface area contributed by atoms with Gasteiger partial charge in [0, 0.05) is 0 Å². The average Bonchev–Trinajstić information content (AvgIpc) is 3.07. The Bertz CT molecular complexity index is 926. The molecule has 150 valence electrons. The van der Waals surface area contributed by atoms with Crippen molar-refractivity contribution in [3.05, 3.63) is 12.7 Å². The Labute approximate surface area is 150 Å². The molecule has 2 aromatic heterocycles. The van der Waals surface area contributed by atoms with Gasteiger partial charge in [0.25, 0.3) is 0 Å². The Balaban J connectivity index is 1.93. The summed E-state index contributed by atoms with van der Waals surface area (Å²) in [6.45, 7) is -0.813. The Kier molecular flexibility index (Phi) is 5.35. The second kappa shape index (κ2) is 7.14. The minimum atomic E-state index is -5.07. The number of fused-ring (bicyclic) bond motifs is 1. The molecule has 4 atom stereocenters. The summed E-state index contributed by atoms with van der Waals surface area (Å²) in [7, 11) is -9.98. The highest BCUT2D eigenvalue weighted by Gasteiger charge is 2.49. The number of aliphatic hydroxyl groups is 1. The van der Waals surface area contributed by atoms with Crippen molar-refractivity contribution in [1.82, 2.24) is 19.5 Å². The van der Waals surface area contributed by atoms with Crippen LogP contribution in [-0.4, -0.2) is 69.1 Å². The average molecular weight is 427 g/mol. The molecule has 0 bridgehead atoms. The number of nitrogens with zero attached hydrogens (tertiary/aromatic N) is 4. The van der Waals surface area contributed by atoms with E-state index in [1.54, 1.807) is 0 Å². The zero-order chi connectivity index (χ0) is 20.0. The molecule has 1 saturated heterocycles. The molecule has 0 aliphatic carbocycles. The molecule has 0 unspecified atom stereocenters. The van der Waals surface area contributed by atoms with Gasteiger partial charge in [0.1, 0.15) is 30.2 Å². The van der Waals surface area contributed by atoms with Crippen LogP contribution in [0.4, 0.5) is 5.82 Å². The lowest BCUT2D eigenvalue weighted by Crippen LogP contribution is -2.35. The third-order valence-corrected chi connectivity index (χ3v) is 4.64. The molecule has 1 aliphatic heterocycles. The zero-order valence-electron chi connectivity index (χ0n) is 13.2. The molecule has 0 amide bonds. The van der Waals surface area contributed by atoms with Gasteiger partial charge in [0.05, 0.1) is 12.9 Å². The van der Waals surface area contributed by atoms with Crippen molar-refractivity contribution < 1.29 is 47.6 Å². The van der Waals surface area contributed by atoms with Crippen LogP contribution in [0.15, 0.2) is 12.7 Å². The van der Waals surface area contributed by atoms with Crippen molar-refractivity contribution in [1.29, 1.82) is 0 Å². The molecule has 1 aliphatic rings. The SMILES string of the molecule is Nc1ncnc2c1ncn2[C@@H]1O[C@H](COP(=O)(O)O)[C@@H](OP(=O)(O)O)[C@@H]1O. The summed E-state index contributed by atoms with van der Waals surface area (Å²) < 4.78 is 37.6. The number of imidazole rings is 1. The molecular weight excluding hydrogens is 412 g/mol. The molecule has 2 aromatic rings. The zero-order valence-corrected chi connectivity index (χ0v) is 15.0. The fraction of sp³-hybridized carbons (Fsp3) is 0.500. The van der Waals surface area contributed by atoms with Gasteiger partial charge in [0.2, 0.25) is 0 Å². The van der Waals surface area contributed by atoms with Gasteiger partial charge in [-0.2, -0.15) is 0 Å². The molecule has 0 spiro atoms. The molecule has 3 heterocycles. The molecule has 15 nitrogen and oxygen atoms in total. The van der Waals surface area contributed by atoms with E-state index in [0.29, 0.717) is 0 Å². The largest absolute Gasteiger partial charge is 0.470 e. The van der Waals surface area contributed by atoms with Crippen LogP contribution in [0.5, 0.6) is 0 Å². The summed E-state index contributed by atoms with van der Waals surface area (Å²) in [5, 5.41) is 10.4. The predicted octanol–water partition coefficient (Wildman–Crippen LogP) is -1.75. The van der Waals surface area contributed by atoms with Crippen LogP contribution >= 0.6 is 15.6 Å². The highest BCUT2D eigenvalue weighted by atomic mass is 31.2. The number of phosphoric acid groups is 2. The molecule has 1 fully saturated rings. The third-order valence-electron chi connectivity index (χ3n) is 3.64. The van der Waals surface area contributed by atoms with Crippen LogP contribution in [0.3, 0.4) is 0 Å². The Morgan fingerprint density at radius 1 is 1.19 bits per heavy atom. The fourth-order valence-corrected chi connectivity index (χ4v) is 3.52. The van der Waals surface area contributed by atoms with Crippen LogP contribution in [0.1, 0.15) is 6.23 Å². The predicted molar refractivity (Wildman–Crippen MR) is 84.6 cm³/mol. The lowest BCUT2D eigenvalue weighted by Gasteiger charge is -2.20. The maximum absolute atomic E-state index is 11.2. The number of hydrogen-bond acceptors (Lipinski definition) is 10.